The molecule has 2 aromatic carbocycles. The van der Waals surface area contributed by atoms with Crippen molar-refractivity contribution in [1.29, 1.82) is 0 Å². The Morgan fingerprint density at radius 2 is 1.73 bits per heavy atom. The fraction of sp³-hybridized carbons (Fsp3) is 0.435. The van der Waals surface area contributed by atoms with Gasteiger partial charge in [-0.25, -0.2) is 8.42 Å². The van der Waals surface area contributed by atoms with Gasteiger partial charge in [0, 0.05) is 30.6 Å². The number of benzene rings is 2. The summed E-state index contributed by atoms with van der Waals surface area (Å²) in [6.07, 6.45) is 0.864. The second-order valence-electron chi connectivity index (χ2n) is 7.61. The SMILES string of the molecule is CCOc1ccc(Cl)cc1S(=O)(=O)N1CCC(C(=O)NCc2ccc(OC)c(OC)c2)CC1. The predicted molar refractivity (Wildman–Crippen MR) is 125 cm³/mol. The molecule has 1 aliphatic heterocycles. The molecule has 1 N–H and O–H groups in total. The number of carbonyl (C=O) groups is 1. The third-order valence-electron chi connectivity index (χ3n) is 5.56. The number of sulfonamides is 1. The first-order chi connectivity index (χ1) is 15.8. The van der Waals surface area contributed by atoms with Gasteiger partial charge in [0.05, 0.1) is 20.8 Å². The Morgan fingerprint density at radius 3 is 2.36 bits per heavy atom. The van der Waals surface area contributed by atoms with Crippen molar-refractivity contribution in [3.05, 3.63) is 47.0 Å². The third kappa shape index (κ3) is 5.90. The van der Waals surface area contributed by atoms with Gasteiger partial charge in [0.2, 0.25) is 15.9 Å². The average Bonchev–Trinajstić information content (AvgIpc) is 2.83. The van der Waals surface area contributed by atoms with Crippen LogP contribution in [-0.4, -0.2) is 52.5 Å². The van der Waals surface area contributed by atoms with Gasteiger partial charge in [0.15, 0.2) is 11.5 Å². The smallest absolute Gasteiger partial charge is 0.246 e. The molecule has 0 unspecified atom stereocenters. The number of amides is 1. The maximum atomic E-state index is 13.2. The van der Waals surface area contributed by atoms with Crippen molar-refractivity contribution >= 4 is 27.5 Å². The van der Waals surface area contributed by atoms with E-state index in [1.54, 1.807) is 39.3 Å². The first-order valence-corrected chi connectivity index (χ1v) is 12.5. The van der Waals surface area contributed by atoms with E-state index in [-0.39, 0.29) is 35.6 Å². The quantitative estimate of drug-likeness (QED) is 0.571. The zero-order valence-electron chi connectivity index (χ0n) is 19.0. The van der Waals surface area contributed by atoms with Crippen molar-refractivity contribution in [1.82, 2.24) is 9.62 Å². The summed E-state index contributed by atoms with van der Waals surface area (Å²) in [6, 6.07) is 10.0. The van der Waals surface area contributed by atoms with E-state index in [2.05, 4.69) is 5.32 Å². The van der Waals surface area contributed by atoms with Gasteiger partial charge in [0.1, 0.15) is 10.6 Å². The normalized spacial score (nSPS) is 15.2. The molecule has 2 aromatic rings. The Morgan fingerprint density at radius 1 is 1.06 bits per heavy atom. The van der Waals surface area contributed by atoms with E-state index in [0.717, 1.165) is 5.56 Å². The van der Waals surface area contributed by atoms with E-state index in [0.29, 0.717) is 42.5 Å². The number of nitrogens with one attached hydrogen (secondary N) is 1. The first-order valence-electron chi connectivity index (χ1n) is 10.7. The Kier molecular flexibility index (Phi) is 8.45. The van der Waals surface area contributed by atoms with Crippen molar-refractivity contribution in [2.75, 3.05) is 33.9 Å². The van der Waals surface area contributed by atoms with Crippen LogP contribution in [0.15, 0.2) is 41.3 Å². The molecule has 0 aliphatic carbocycles. The molecule has 1 saturated heterocycles. The summed E-state index contributed by atoms with van der Waals surface area (Å²) in [5.74, 6) is 1.13. The molecule has 1 heterocycles. The van der Waals surface area contributed by atoms with E-state index in [9.17, 15) is 13.2 Å². The number of rotatable bonds is 9. The summed E-state index contributed by atoms with van der Waals surface area (Å²) < 4.78 is 43.8. The molecule has 0 radical (unpaired) electrons. The van der Waals surface area contributed by atoms with Crippen molar-refractivity contribution in [2.24, 2.45) is 5.92 Å². The van der Waals surface area contributed by atoms with Crippen LogP contribution in [0, 0.1) is 5.92 Å². The second-order valence-corrected chi connectivity index (χ2v) is 9.95. The van der Waals surface area contributed by atoms with E-state index in [4.69, 9.17) is 25.8 Å². The highest BCUT2D eigenvalue weighted by Crippen LogP contribution is 2.32. The standard InChI is InChI=1S/C23H29ClN2O6S/c1-4-32-20-8-6-18(24)14-22(20)33(28,29)26-11-9-17(10-12-26)23(27)25-15-16-5-7-19(30-2)21(13-16)31-3/h5-8,13-14,17H,4,9-12,15H2,1-3H3,(H,25,27). The molecule has 0 spiro atoms. The molecule has 0 saturated carbocycles. The summed E-state index contributed by atoms with van der Waals surface area (Å²) in [5, 5.41) is 3.26. The summed E-state index contributed by atoms with van der Waals surface area (Å²) >= 11 is 6.04. The van der Waals surface area contributed by atoms with Crippen LogP contribution in [0.5, 0.6) is 17.2 Å². The van der Waals surface area contributed by atoms with Crippen LogP contribution >= 0.6 is 11.6 Å². The van der Waals surface area contributed by atoms with E-state index >= 15 is 0 Å². The Labute approximate surface area is 199 Å². The van der Waals surface area contributed by atoms with E-state index in [1.165, 1.54) is 10.4 Å². The highest BCUT2D eigenvalue weighted by Gasteiger charge is 2.33. The van der Waals surface area contributed by atoms with Crippen molar-refractivity contribution in [3.8, 4) is 17.2 Å². The lowest BCUT2D eigenvalue weighted by Crippen LogP contribution is -2.42. The minimum atomic E-state index is -3.79. The molecule has 3 rings (SSSR count). The molecule has 180 valence electrons. The number of halogens is 1. The zero-order chi connectivity index (χ0) is 24.0. The number of methoxy groups -OCH3 is 2. The molecule has 0 bridgehead atoms. The molecular weight excluding hydrogens is 468 g/mol. The fourth-order valence-electron chi connectivity index (χ4n) is 3.78. The van der Waals surface area contributed by atoms with Gasteiger partial charge in [-0.05, 0) is 55.7 Å². The summed E-state index contributed by atoms with van der Waals surface area (Å²) in [6.45, 7) is 2.96. The van der Waals surface area contributed by atoms with Crippen molar-refractivity contribution in [2.45, 2.75) is 31.2 Å². The average molecular weight is 497 g/mol. The van der Waals surface area contributed by atoms with Crippen LogP contribution < -0.4 is 19.5 Å². The first kappa shape index (κ1) is 25.1. The number of hydrogen-bond acceptors (Lipinski definition) is 6. The topological polar surface area (TPSA) is 94.2 Å². The van der Waals surface area contributed by atoms with Gasteiger partial charge in [-0.3, -0.25) is 4.79 Å². The molecule has 33 heavy (non-hydrogen) atoms. The second kappa shape index (κ2) is 11.1. The van der Waals surface area contributed by atoms with Gasteiger partial charge >= 0.3 is 0 Å². The molecule has 0 atom stereocenters. The lowest BCUT2D eigenvalue weighted by molar-refractivity contribution is -0.126. The highest BCUT2D eigenvalue weighted by molar-refractivity contribution is 7.89. The van der Waals surface area contributed by atoms with Crippen LogP contribution in [-0.2, 0) is 21.4 Å². The van der Waals surface area contributed by atoms with Gasteiger partial charge in [-0.1, -0.05) is 17.7 Å². The van der Waals surface area contributed by atoms with E-state index in [1.807, 2.05) is 12.1 Å². The molecule has 1 aliphatic rings. The monoisotopic (exact) mass is 496 g/mol. The number of hydrogen-bond donors (Lipinski definition) is 1. The Bertz CT molecular complexity index is 1080. The van der Waals surface area contributed by atoms with E-state index < -0.39 is 10.0 Å². The van der Waals surface area contributed by atoms with Crippen LogP contribution in [0.3, 0.4) is 0 Å². The molecule has 1 fully saturated rings. The lowest BCUT2D eigenvalue weighted by Gasteiger charge is -2.31. The molecule has 0 aromatic heterocycles. The Hall–Kier alpha value is -2.49. The van der Waals surface area contributed by atoms with Gasteiger partial charge < -0.3 is 19.5 Å². The van der Waals surface area contributed by atoms with Crippen LogP contribution in [0.2, 0.25) is 5.02 Å². The van der Waals surface area contributed by atoms with Crippen LogP contribution in [0.25, 0.3) is 0 Å². The predicted octanol–water partition coefficient (Wildman–Crippen LogP) is 3.47. The van der Waals surface area contributed by atoms with Crippen molar-refractivity contribution in [3.63, 3.8) is 0 Å². The van der Waals surface area contributed by atoms with Gasteiger partial charge in [0.25, 0.3) is 0 Å². The number of carbonyl (C=O) groups excluding carboxylic acids is 1. The zero-order valence-corrected chi connectivity index (χ0v) is 20.5. The van der Waals surface area contributed by atoms with Crippen LogP contribution in [0.1, 0.15) is 25.3 Å². The molecule has 1 amide bonds. The largest absolute Gasteiger partial charge is 0.493 e. The van der Waals surface area contributed by atoms with Crippen molar-refractivity contribution < 1.29 is 27.4 Å². The molecule has 8 nitrogen and oxygen atoms in total. The fourth-order valence-corrected chi connectivity index (χ4v) is 5.64. The summed E-state index contributed by atoms with van der Waals surface area (Å²) in [4.78, 5) is 12.7. The minimum absolute atomic E-state index is 0.0493. The highest BCUT2D eigenvalue weighted by atomic mass is 35.5. The number of piperidine rings is 1. The molecule has 10 heteroatoms. The molecular formula is C23H29ClN2O6S. The van der Waals surface area contributed by atoms with Crippen LogP contribution in [0.4, 0.5) is 0 Å². The number of ether oxygens (including phenoxy) is 3. The number of nitrogens with zero attached hydrogens (tertiary/aromatic N) is 1. The maximum Gasteiger partial charge on any atom is 0.246 e. The summed E-state index contributed by atoms with van der Waals surface area (Å²) in [7, 11) is -0.666. The maximum absolute atomic E-state index is 13.2. The van der Waals surface area contributed by atoms with Gasteiger partial charge in [-0.2, -0.15) is 4.31 Å². The third-order valence-corrected chi connectivity index (χ3v) is 7.72. The minimum Gasteiger partial charge on any atom is -0.493 e. The summed E-state index contributed by atoms with van der Waals surface area (Å²) in [5.41, 5.74) is 0.880. The van der Waals surface area contributed by atoms with Gasteiger partial charge in [-0.15, -0.1) is 0 Å². The lowest BCUT2D eigenvalue weighted by atomic mass is 9.97. The Balaban J connectivity index is 1.60.